The number of carboxylic acid groups (broad SMARTS) is 1. The quantitative estimate of drug-likeness (QED) is 0.843. The van der Waals surface area contributed by atoms with Crippen molar-refractivity contribution in [1.82, 2.24) is 5.32 Å². The van der Waals surface area contributed by atoms with Gasteiger partial charge in [0.1, 0.15) is 0 Å². The zero-order chi connectivity index (χ0) is 17.9. The van der Waals surface area contributed by atoms with Crippen molar-refractivity contribution in [3.63, 3.8) is 0 Å². The van der Waals surface area contributed by atoms with Crippen molar-refractivity contribution < 1.29 is 14.7 Å². The molecule has 25 heavy (non-hydrogen) atoms. The number of aliphatic carboxylic acids is 1. The lowest BCUT2D eigenvalue weighted by atomic mass is 9.71. The first-order valence-electron chi connectivity index (χ1n) is 9.65. The molecule has 1 atom stereocenters. The summed E-state index contributed by atoms with van der Waals surface area (Å²) in [6.45, 7) is 1.98. The monoisotopic (exact) mass is 343 g/mol. The van der Waals surface area contributed by atoms with Crippen molar-refractivity contribution in [3.05, 3.63) is 34.9 Å². The fourth-order valence-corrected chi connectivity index (χ4v) is 4.40. The largest absolute Gasteiger partial charge is 0.481 e. The normalized spacial score (nSPS) is 20.4. The number of carboxylic acids is 1. The number of carbonyl (C=O) groups is 2. The minimum atomic E-state index is -0.863. The average Bonchev–Trinajstić information content (AvgIpc) is 2.61. The fraction of sp³-hybridized carbons (Fsp3) is 0.619. The molecule has 2 aliphatic rings. The second-order valence-corrected chi connectivity index (χ2v) is 7.85. The van der Waals surface area contributed by atoms with Crippen LogP contribution in [-0.2, 0) is 22.4 Å². The maximum atomic E-state index is 12.5. The minimum Gasteiger partial charge on any atom is -0.481 e. The number of rotatable bonds is 5. The van der Waals surface area contributed by atoms with Crippen LogP contribution in [0.5, 0.6) is 0 Å². The Morgan fingerprint density at radius 3 is 2.44 bits per heavy atom. The summed E-state index contributed by atoms with van der Waals surface area (Å²) in [6.07, 6.45) is 8.96. The third-order valence-electron chi connectivity index (χ3n) is 6.01. The lowest BCUT2D eigenvalue weighted by Crippen LogP contribution is -2.39. The van der Waals surface area contributed by atoms with Gasteiger partial charge in [-0.1, -0.05) is 37.5 Å². The second kappa shape index (κ2) is 7.59. The minimum absolute atomic E-state index is 0.0887. The zero-order valence-corrected chi connectivity index (χ0v) is 15.1. The number of benzene rings is 1. The highest BCUT2D eigenvalue weighted by atomic mass is 16.4. The van der Waals surface area contributed by atoms with Crippen LogP contribution >= 0.6 is 0 Å². The maximum Gasteiger partial charge on any atom is 0.310 e. The Hall–Kier alpha value is -1.84. The van der Waals surface area contributed by atoms with Gasteiger partial charge in [0.25, 0.3) is 0 Å². The molecule has 1 amide bonds. The molecule has 2 N–H and O–H groups in total. The summed E-state index contributed by atoms with van der Waals surface area (Å²) in [7, 11) is 0. The number of aryl methyl sites for hydroxylation is 2. The third-order valence-corrected chi connectivity index (χ3v) is 6.01. The molecule has 0 unspecified atom stereocenters. The van der Waals surface area contributed by atoms with E-state index in [0.29, 0.717) is 12.8 Å². The van der Waals surface area contributed by atoms with Crippen LogP contribution < -0.4 is 5.32 Å². The van der Waals surface area contributed by atoms with E-state index < -0.39 is 11.4 Å². The van der Waals surface area contributed by atoms with Crippen LogP contribution in [0.2, 0.25) is 0 Å². The van der Waals surface area contributed by atoms with Crippen molar-refractivity contribution in [3.8, 4) is 0 Å². The smallest absolute Gasteiger partial charge is 0.310 e. The van der Waals surface area contributed by atoms with Gasteiger partial charge in [-0.2, -0.15) is 0 Å². The molecule has 4 nitrogen and oxygen atoms in total. The molecule has 0 heterocycles. The number of nitrogens with one attached hydrogen (secondary N) is 1. The van der Waals surface area contributed by atoms with E-state index in [2.05, 4.69) is 23.5 Å². The van der Waals surface area contributed by atoms with Crippen molar-refractivity contribution >= 4 is 11.9 Å². The molecule has 2 aliphatic carbocycles. The first-order valence-corrected chi connectivity index (χ1v) is 9.65. The second-order valence-electron chi connectivity index (χ2n) is 7.85. The Labute approximate surface area is 150 Å². The molecule has 1 aromatic rings. The van der Waals surface area contributed by atoms with Gasteiger partial charge in [-0.05, 0) is 62.1 Å². The lowest BCUT2D eigenvalue weighted by molar-refractivity contribution is -0.154. The molecule has 0 saturated heterocycles. The standard InChI is InChI=1S/C21H29NO3/c1-15(17-10-9-16-7-3-4-8-18(16)13-17)22-19(23)14-21(20(24)25)11-5-2-6-12-21/h9-10,13,15H,2-8,11-12,14H2,1H3,(H,22,23)(H,24,25)/t15-/m1/s1. The Morgan fingerprint density at radius 2 is 1.76 bits per heavy atom. The summed E-state index contributed by atoms with van der Waals surface area (Å²) in [5.74, 6) is -0.960. The van der Waals surface area contributed by atoms with Crippen LogP contribution in [0.1, 0.15) is 81.0 Å². The van der Waals surface area contributed by atoms with E-state index in [1.165, 1.54) is 24.0 Å². The molecule has 0 aromatic heterocycles. The number of hydrogen-bond acceptors (Lipinski definition) is 2. The Morgan fingerprint density at radius 1 is 1.08 bits per heavy atom. The van der Waals surface area contributed by atoms with Gasteiger partial charge in [0.2, 0.25) is 5.91 Å². The van der Waals surface area contributed by atoms with E-state index in [1.54, 1.807) is 0 Å². The summed E-state index contributed by atoms with van der Waals surface area (Å²) < 4.78 is 0. The molecule has 0 spiro atoms. The molecule has 1 aromatic carbocycles. The van der Waals surface area contributed by atoms with E-state index in [9.17, 15) is 14.7 Å². The summed E-state index contributed by atoms with van der Waals surface area (Å²) in [6, 6.07) is 6.41. The molecule has 136 valence electrons. The van der Waals surface area contributed by atoms with Gasteiger partial charge in [0.05, 0.1) is 11.5 Å². The lowest BCUT2D eigenvalue weighted by Gasteiger charge is -2.33. The van der Waals surface area contributed by atoms with Gasteiger partial charge in [0.15, 0.2) is 0 Å². The van der Waals surface area contributed by atoms with Crippen LogP contribution in [-0.4, -0.2) is 17.0 Å². The summed E-state index contributed by atoms with van der Waals surface area (Å²) in [4.78, 5) is 24.3. The number of fused-ring (bicyclic) bond motifs is 1. The highest BCUT2D eigenvalue weighted by Crippen LogP contribution is 2.39. The van der Waals surface area contributed by atoms with E-state index >= 15 is 0 Å². The van der Waals surface area contributed by atoms with Crippen molar-refractivity contribution in [2.24, 2.45) is 5.41 Å². The van der Waals surface area contributed by atoms with Crippen LogP contribution in [0.3, 0.4) is 0 Å². The molecule has 0 bridgehead atoms. The number of carbonyl (C=O) groups excluding carboxylic acids is 1. The number of amides is 1. The van der Waals surface area contributed by atoms with E-state index in [4.69, 9.17) is 0 Å². The van der Waals surface area contributed by atoms with Gasteiger partial charge in [-0.15, -0.1) is 0 Å². The van der Waals surface area contributed by atoms with E-state index in [-0.39, 0.29) is 18.4 Å². The zero-order valence-electron chi connectivity index (χ0n) is 15.1. The molecular formula is C21H29NO3. The van der Waals surface area contributed by atoms with Crippen molar-refractivity contribution in [2.45, 2.75) is 77.2 Å². The van der Waals surface area contributed by atoms with E-state index in [1.807, 2.05) is 6.92 Å². The van der Waals surface area contributed by atoms with Crippen LogP contribution in [0.15, 0.2) is 18.2 Å². The topological polar surface area (TPSA) is 66.4 Å². The van der Waals surface area contributed by atoms with E-state index in [0.717, 1.165) is 37.7 Å². The van der Waals surface area contributed by atoms with Crippen LogP contribution in [0, 0.1) is 5.41 Å². The molecule has 3 rings (SSSR count). The number of hydrogen-bond donors (Lipinski definition) is 2. The Balaban J connectivity index is 1.65. The molecular weight excluding hydrogens is 314 g/mol. The van der Waals surface area contributed by atoms with Crippen molar-refractivity contribution in [2.75, 3.05) is 0 Å². The highest BCUT2D eigenvalue weighted by Gasteiger charge is 2.41. The molecule has 0 aliphatic heterocycles. The molecule has 1 fully saturated rings. The first-order chi connectivity index (χ1) is 12.0. The average molecular weight is 343 g/mol. The Kier molecular flexibility index (Phi) is 5.45. The molecule has 0 radical (unpaired) electrons. The Bertz CT molecular complexity index is 647. The predicted molar refractivity (Wildman–Crippen MR) is 97.4 cm³/mol. The maximum absolute atomic E-state index is 12.5. The highest BCUT2D eigenvalue weighted by molar-refractivity contribution is 5.85. The SMILES string of the molecule is C[C@@H](NC(=O)CC1(C(=O)O)CCCCC1)c1ccc2c(c1)CCCC2. The first kappa shape index (κ1) is 18.0. The molecule has 1 saturated carbocycles. The fourth-order valence-electron chi connectivity index (χ4n) is 4.40. The van der Waals surface area contributed by atoms with Gasteiger partial charge in [0, 0.05) is 6.42 Å². The van der Waals surface area contributed by atoms with Gasteiger partial charge in [-0.25, -0.2) is 0 Å². The van der Waals surface area contributed by atoms with Gasteiger partial charge >= 0.3 is 5.97 Å². The van der Waals surface area contributed by atoms with Gasteiger partial charge in [-0.3, -0.25) is 9.59 Å². The molecule has 4 heteroatoms. The van der Waals surface area contributed by atoms with Gasteiger partial charge < -0.3 is 10.4 Å². The third kappa shape index (κ3) is 4.05. The summed E-state index contributed by atoms with van der Waals surface area (Å²) in [5.41, 5.74) is 3.08. The predicted octanol–water partition coefficient (Wildman–Crippen LogP) is 4.17. The van der Waals surface area contributed by atoms with Crippen LogP contribution in [0.4, 0.5) is 0 Å². The van der Waals surface area contributed by atoms with Crippen LogP contribution in [0.25, 0.3) is 0 Å². The summed E-state index contributed by atoms with van der Waals surface area (Å²) in [5, 5.41) is 12.7. The van der Waals surface area contributed by atoms with Crippen molar-refractivity contribution in [1.29, 1.82) is 0 Å². The summed E-state index contributed by atoms with van der Waals surface area (Å²) >= 11 is 0.